The molecule has 158 valence electrons. The highest BCUT2D eigenvalue weighted by Gasteiger charge is 2.34. The number of hydrogen-bond donors (Lipinski definition) is 2. The lowest BCUT2D eigenvalue weighted by Gasteiger charge is -2.30. The number of nitrogens with zero attached hydrogens (tertiary/aromatic N) is 2. The molecule has 1 aromatic carbocycles. The van der Waals surface area contributed by atoms with Gasteiger partial charge in [-0.1, -0.05) is 23.4 Å². The third kappa shape index (κ3) is 4.24. The van der Waals surface area contributed by atoms with Crippen LogP contribution in [0.5, 0.6) is 0 Å². The van der Waals surface area contributed by atoms with Gasteiger partial charge in [-0.3, -0.25) is 4.79 Å². The van der Waals surface area contributed by atoms with Crippen molar-refractivity contribution in [1.82, 2.24) is 15.5 Å². The smallest absolute Gasteiger partial charge is 0.382 e. The second-order valence-corrected chi connectivity index (χ2v) is 7.57. The zero-order valence-electron chi connectivity index (χ0n) is 16.3. The minimum atomic E-state index is -4.51. The SMILES string of the molecule is Cc1cnoc1C(=O)N[C@H]1CC[C@@H](Nc2cc(C(F)(F)F)nc3ccccc23)CC1. The lowest BCUT2D eigenvalue weighted by Crippen LogP contribution is -2.40. The van der Waals surface area contributed by atoms with Crippen molar-refractivity contribution in [3.63, 3.8) is 0 Å². The van der Waals surface area contributed by atoms with Gasteiger partial charge in [0.15, 0.2) is 0 Å². The highest BCUT2D eigenvalue weighted by atomic mass is 19.4. The lowest BCUT2D eigenvalue weighted by molar-refractivity contribution is -0.140. The van der Waals surface area contributed by atoms with Crippen LogP contribution in [0.1, 0.15) is 47.5 Å². The Labute approximate surface area is 170 Å². The molecule has 6 nitrogen and oxygen atoms in total. The van der Waals surface area contributed by atoms with Crippen LogP contribution < -0.4 is 10.6 Å². The van der Waals surface area contributed by atoms with Gasteiger partial charge in [-0.05, 0) is 44.7 Å². The number of hydrogen-bond acceptors (Lipinski definition) is 5. The molecule has 1 amide bonds. The summed E-state index contributed by atoms with van der Waals surface area (Å²) in [7, 11) is 0. The molecule has 0 aliphatic heterocycles. The molecular formula is C21H21F3N4O2. The number of alkyl halides is 3. The first-order valence-electron chi connectivity index (χ1n) is 9.77. The first kappa shape index (κ1) is 20.2. The van der Waals surface area contributed by atoms with Crippen LogP contribution in [0.15, 0.2) is 41.1 Å². The highest BCUT2D eigenvalue weighted by molar-refractivity contribution is 5.93. The number of benzene rings is 1. The third-order valence-electron chi connectivity index (χ3n) is 5.38. The number of halogens is 3. The van der Waals surface area contributed by atoms with Crippen LogP contribution in [-0.2, 0) is 6.18 Å². The molecule has 0 bridgehead atoms. The average molecular weight is 418 g/mol. The number of pyridine rings is 1. The predicted octanol–water partition coefficient (Wildman–Crippen LogP) is 4.70. The van der Waals surface area contributed by atoms with E-state index in [9.17, 15) is 18.0 Å². The molecule has 9 heteroatoms. The Morgan fingerprint density at radius 2 is 1.83 bits per heavy atom. The largest absolute Gasteiger partial charge is 0.433 e. The van der Waals surface area contributed by atoms with Crippen LogP contribution in [0.2, 0.25) is 0 Å². The van der Waals surface area contributed by atoms with Crippen molar-refractivity contribution < 1.29 is 22.5 Å². The first-order valence-corrected chi connectivity index (χ1v) is 9.77. The molecule has 1 aliphatic carbocycles. The number of nitrogens with one attached hydrogen (secondary N) is 2. The van der Waals surface area contributed by atoms with Crippen molar-refractivity contribution in [2.45, 2.75) is 50.9 Å². The number of anilines is 1. The molecule has 3 aromatic rings. The quantitative estimate of drug-likeness (QED) is 0.642. The Morgan fingerprint density at radius 1 is 1.13 bits per heavy atom. The lowest BCUT2D eigenvalue weighted by atomic mass is 9.90. The van der Waals surface area contributed by atoms with Crippen LogP contribution in [0.4, 0.5) is 18.9 Å². The summed E-state index contributed by atoms with van der Waals surface area (Å²) in [6.07, 6.45) is -0.153. The van der Waals surface area contributed by atoms with Crippen LogP contribution in [-0.4, -0.2) is 28.1 Å². The van der Waals surface area contributed by atoms with Crippen LogP contribution >= 0.6 is 0 Å². The molecule has 0 unspecified atom stereocenters. The third-order valence-corrected chi connectivity index (χ3v) is 5.38. The molecule has 2 aromatic heterocycles. The van der Waals surface area contributed by atoms with E-state index in [-0.39, 0.29) is 23.8 Å². The van der Waals surface area contributed by atoms with Gasteiger partial charge >= 0.3 is 6.18 Å². The van der Waals surface area contributed by atoms with Crippen LogP contribution in [0.25, 0.3) is 10.9 Å². The van der Waals surface area contributed by atoms with Crippen molar-refractivity contribution in [2.24, 2.45) is 0 Å². The van der Waals surface area contributed by atoms with E-state index in [1.807, 2.05) is 0 Å². The fourth-order valence-electron chi connectivity index (χ4n) is 3.80. The van der Waals surface area contributed by atoms with Gasteiger partial charge in [0.25, 0.3) is 5.91 Å². The monoisotopic (exact) mass is 418 g/mol. The van der Waals surface area contributed by atoms with Crippen LogP contribution in [0, 0.1) is 6.92 Å². The maximum atomic E-state index is 13.2. The standard InChI is InChI=1S/C21H21F3N4O2/c1-12-11-25-30-19(12)20(29)27-14-8-6-13(7-9-14)26-17-10-18(21(22,23)24)28-16-5-3-2-4-15(16)17/h2-5,10-11,13-14H,6-9H2,1H3,(H,26,28)(H,27,29)/t13-,14+. The van der Waals surface area contributed by atoms with E-state index in [0.29, 0.717) is 35.0 Å². The zero-order valence-corrected chi connectivity index (χ0v) is 16.3. The number of aromatic nitrogens is 2. The fraction of sp³-hybridized carbons (Fsp3) is 0.381. The summed E-state index contributed by atoms with van der Waals surface area (Å²) >= 11 is 0. The van der Waals surface area contributed by atoms with Crippen molar-refractivity contribution >= 4 is 22.5 Å². The molecule has 1 saturated carbocycles. The Kier molecular flexibility index (Phi) is 5.36. The minimum Gasteiger partial charge on any atom is -0.382 e. The Bertz CT molecular complexity index is 1060. The van der Waals surface area contributed by atoms with Crippen molar-refractivity contribution in [3.8, 4) is 0 Å². The van der Waals surface area contributed by atoms with Gasteiger partial charge in [-0.25, -0.2) is 4.98 Å². The van der Waals surface area contributed by atoms with Gasteiger partial charge < -0.3 is 15.2 Å². The summed E-state index contributed by atoms with van der Waals surface area (Å²) in [4.78, 5) is 16.0. The highest BCUT2D eigenvalue weighted by Crippen LogP contribution is 2.34. The summed E-state index contributed by atoms with van der Waals surface area (Å²) in [5.74, 6) is -0.0884. The Morgan fingerprint density at radius 3 is 2.50 bits per heavy atom. The van der Waals surface area contributed by atoms with Gasteiger partial charge in [-0.15, -0.1) is 0 Å². The van der Waals surface area contributed by atoms with E-state index in [1.54, 1.807) is 31.2 Å². The number of rotatable bonds is 4. The number of aryl methyl sites for hydroxylation is 1. The summed E-state index contributed by atoms with van der Waals surface area (Å²) in [5.41, 5.74) is 0.496. The molecular weight excluding hydrogens is 397 g/mol. The normalized spacial score (nSPS) is 19.6. The predicted molar refractivity (Wildman–Crippen MR) is 105 cm³/mol. The summed E-state index contributed by atoms with van der Waals surface area (Å²) in [5, 5.41) is 10.5. The molecule has 1 fully saturated rings. The molecule has 0 saturated heterocycles. The number of fused-ring (bicyclic) bond motifs is 1. The molecule has 4 rings (SSSR count). The summed E-state index contributed by atoms with van der Waals surface area (Å²) in [6, 6.07) is 7.86. The van der Waals surface area contributed by atoms with E-state index >= 15 is 0 Å². The van der Waals surface area contributed by atoms with Crippen LogP contribution in [0.3, 0.4) is 0 Å². The number of para-hydroxylation sites is 1. The Balaban J connectivity index is 1.43. The second kappa shape index (κ2) is 7.97. The van der Waals surface area contributed by atoms with E-state index in [4.69, 9.17) is 4.52 Å². The first-order chi connectivity index (χ1) is 14.3. The molecule has 1 aliphatic rings. The van der Waals surface area contributed by atoms with Crippen molar-refractivity contribution in [3.05, 3.63) is 53.5 Å². The molecule has 30 heavy (non-hydrogen) atoms. The van der Waals surface area contributed by atoms with Gasteiger partial charge in [-0.2, -0.15) is 13.2 Å². The van der Waals surface area contributed by atoms with Gasteiger partial charge in [0.05, 0.1) is 11.7 Å². The van der Waals surface area contributed by atoms with Crippen molar-refractivity contribution in [2.75, 3.05) is 5.32 Å². The molecule has 2 N–H and O–H groups in total. The summed E-state index contributed by atoms with van der Waals surface area (Å²) < 4.78 is 44.7. The van der Waals surface area contributed by atoms with Gasteiger partial charge in [0.1, 0.15) is 5.69 Å². The maximum absolute atomic E-state index is 13.2. The van der Waals surface area contributed by atoms with Gasteiger partial charge in [0.2, 0.25) is 5.76 Å². The average Bonchev–Trinajstić information content (AvgIpc) is 3.15. The number of carbonyl (C=O) groups is 1. The van der Waals surface area contributed by atoms with Gasteiger partial charge in [0, 0.05) is 28.7 Å². The maximum Gasteiger partial charge on any atom is 0.433 e. The second-order valence-electron chi connectivity index (χ2n) is 7.57. The van der Waals surface area contributed by atoms with Crippen molar-refractivity contribution in [1.29, 1.82) is 0 Å². The zero-order chi connectivity index (χ0) is 21.3. The molecule has 2 heterocycles. The molecule has 0 atom stereocenters. The Hall–Kier alpha value is -3.10. The number of amides is 1. The fourth-order valence-corrected chi connectivity index (χ4v) is 3.80. The van der Waals surface area contributed by atoms with E-state index in [1.165, 1.54) is 6.20 Å². The topological polar surface area (TPSA) is 80.0 Å². The molecule has 0 spiro atoms. The van der Waals surface area contributed by atoms with E-state index < -0.39 is 11.9 Å². The number of carbonyl (C=O) groups excluding carboxylic acids is 1. The summed E-state index contributed by atoms with van der Waals surface area (Å²) in [6.45, 7) is 1.75. The van der Waals surface area contributed by atoms with E-state index in [2.05, 4.69) is 20.8 Å². The van der Waals surface area contributed by atoms with E-state index in [0.717, 1.165) is 18.9 Å². The minimum absolute atomic E-state index is 0.0112. The molecule has 0 radical (unpaired) electrons.